The first-order chi connectivity index (χ1) is 8.34. The van der Waals surface area contributed by atoms with Gasteiger partial charge in [0.2, 0.25) is 0 Å². The summed E-state index contributed by atoms with van der Waals surface area (Å²) in [5.41, 5.74) is 0.957. The number of rotatable bonds is 2. The molecule has 17 heavy (non-hydrogen) atoms. The van der Waals surface area contributed by atoms with Crippen LogP contribution in [-0.4, -0.2) is 22.9 Å². The summed E-state index contributed by atoms with van der Waals surface area (Å²) in [6, 6.07) is 7.74. The molecule has 0 radical (unpaired) electrons. The molecular weight excluding hydrogens is 214 g/mol. The minimum Gasteiger partial charge on any atom is -0.506 e. The maximum absolute atomic E-state index is 9.92. The average Bonchev–Trinajstić information content (AvgIpc) is 2.75. The summed E-state index contributed by atoms with van der Waals surface area (Å²) in [5.74, 6) is 1.04. The number of phenolic OH excluding ortho intramolecular Hbond substituents is 1. The third-order valence-corrected chi connectivity index (χ3v) is 3.56. The first-order valence-electron chi connectivity index (χ1n) is 6.19. The normalized spacial score (nSPS) is 17.6. The van der Waals surface area contributed by atoms with Crippen molar-refractivity contribution in [1.29, 1.82) is 0 Å². The quantitative estimate of drug-likeness (QED) is 0.862. The second kappa shape index (κ2) is 4.41. The van der Waals surface area contributed by atoms with E-state index in [0.29, 0.717) is 11.7 Å². The fourth-order valence-electron chi connectivity index (χ4n) is 2.60. The van der Waals surface area contributed by atoms with Crippen molar-refractivity contribution in [3.8, 4) is 5.75 Å². The number of fused-ring (bicyclic) bond motifs is 1. The van der Waals surface area contributed by atoms with E-state index >= 15 is 0 Å². The summed E-state index contributed by atoms with van der Waals surface area (Å²) in [5, 5.41) is 11.0. The minimum absolute atomic E-state index is 0.375. The van der Waals surface area contributed by atoms with Gasteiger partial charge in [0, 0.05) is 31.3 Å². The second-order valence-corrected chi connectivity index (χ2v) is 4.74. The predicted molar refractivity (Wildman–Crippen MR) is 67.1 cm³/mol. The molecule has 0 unspecified atom stereocenters. The molecule has 1 aliphatic heterocycles. The van der Waals surface area contributed by atoms with Gasteiger partial charge in [0.25, 0.3) is 0 Å². The number of phenols is 1. The van der Waals surface area contributed by atoms with Gasteiger partial charge in [0.05, 0.1) is 5.52 Å². The van der Waals surface area contributed by atoms with Gasteiger partial charge in [-0.2, -0.15) is 0 Å². The summed E-state index contributed by atoms with van der Waals surface area (Å²) >= 11 is 0. The fourth-order valence-corrected chi connectivity index (χ4v) is 2.60. The van der Waals surface area contributed by atoms with Crippen molar-refractivity contribution in [1.82, 2.24) is 4.57 Å². The number of ether oxygens (including phenoxy) is 1. The zero-order valence-electron chi connectivity index (χ0n) is 9.80. The zero-order valence-corrected chi connectivity index (χ0v) is 9.80. The van der Waals surface area contributed by atoms with Gasteiger partial charge in [-0.25, -0.2) is 0 Å². The molecule has 0 spiro atoms. The Balaban J connectivity index is 1.89. The van der Waals surface area contributed by atoms with Crippen molar-refractivity contribution in [2.45, 2.75) is 19.4 Å². The van der Waals surface area contributed by atoms with Gasteiger partial charge in [0.1, 0.15) is 5.75 Å². The molecule has 1 fully saturated rings. The van der Waals surface area contributed by atoms with Crippen LogP contribution in [0.15, 0.2) is 30.5 Å². The number of para-hydroxylation sites is 1. The van der Waals surface area contributed by atoms with Crippen LogP contribution >= 0.6 is 0 Å². The topological polar surface area (TPSA) is 34.4 Å². The van der Waals surface area contributed by atoms with Gasteiger partial charge in [-0.3, -0.25) is 0 Å². The molecule has 1 aromatic heterocycles. The molecule has 0 aliphatic carbocycles. The Hall–Kier alpha value is -1.48. The molecule has 2 aromatic rings. The smallest absolute Gasteiger partial charge is 0.139 e. The highest BCUT2D eigenvalue weighted by Gasteiger charge is 2.15. The van der Waals surface area contributed by atoms with Crippen LogP contribution in [0, 0.1) is 5.92 Å². The van der Waals surface area contributed by atoms with Crippen molar-refractivity contribution in [3.05, 3.63) is 30.5 Å². The third-order valence-electron chi connectivity index (χ3n) is 3.56. The molecule has 3 rings (SSSR count). The van der Waals surface area contributed by atoms with E-state index in [2.05, 4.69) is 16.8 Å². The Kier molecular flexibility index (Phi) is 2.77. The minimum atomic E-state index is 0.375. The van der Waals surface area contributed by atoms with Crippen LogP contribution in [0.3, 0.4) is 0 Å². The van der Waals surface area contributed by atoms with Crippen molar-refractivity contribution in [2.75, 3.05) is 13.2 Å². The number of aromatic nitrogens is 1. The third kappa shape index (κ3) is 2.03. The van der Waals surface area contributed by atoms with Gasteiger partial charge < -0.3 is 14.4 Å². The van der Waals surface area contributed by atoms with Crippen LogP contribution in [0.25, 0.3) is 10.9 Å². The summed E-state index contributed by atoms with van der Waals surface area (Å²) in [6.45, 7) is 2.72. The Morgan fingerprint density at radius 2 is 2.06 bits per heavy atom. The molecule has 0 bridgehead atoms. The predicted octanol–water partition coefficient (Wildman–Crippen LogP) is 2.77. The molecule has 1 N–H and O–H groups in total. The molecule has 0 saturated carbocycles. The Morgan fingerprint density at radius 3 is 2.88 bits per heavy atom. The lowest BCUT2D eigenvalue weighted by Crippen LogP contribution is -2.20. The summed E-state index contributed by atoms with van der Waals surface area (Å²) in [6.07, 6.45) is 4.31. The molecule has 3 heteroatoms. The number of hydrogen-bond donors (Lipinski definition) is 1. The van der Waals surface area contributed by atoms with E-state index in [1.54, 1.807) is 6.07 Å². The molecular formula is C14H17NO2. The van der Waals surface area contributed by atoms with E-state index in [1.807, 2.05) is 12.1 Å². The number of aromatic hydroxyl groups is 1. The van der Waals surface area contributed by atoms with Crippen LogP contribution in [0.2, 0.25) is 0 Å². The Bertz CT molecular complexity index is 512. The first kappa shape index (κ1) is 10.7. The molecule has 1 aromatic carbocycles. The van der Waals surface area contributed by atoms with Gasteiger partial charge in [0.15, 0.2) is 0 Å². The van der Waals surface area contributed by atoms with E-state index in [0.717, 1.165) is 43.5 Å². The van der Waals surface area contributed by atoms with Crippen LogP contribution in [0.4, 0.5) is 0 Å². The van der Waals surface area contributed by atoms with Gasteiger partial charge in [-0.1, -0.05) is 12.1 Å². The number of benzene rings is 1. The summed E-state index contributed by atoms with van der Waals surface area (Å²) in [4.78, 5) is 0. The van der Waals surface area contributed by atoms with E-state index < -0.39 is 0 Å². The summed E-state index contributed by atoms with van der Waals surface area (Å²) < 4.78 is 7.54. The van der Waals surface area contributed by atoms with E-state index in [9.17, 15) is 5.11 Å². The molecule has 90 valence electrons. The standard InChI is InChI=1S/C14H17NO2/c16-13-3-1-2-12-4-7-15(14(12)13)10-11-5-8-17-9-6-11/h1-4,7,11,16H,5-6,8-10H2. The van der Waals surface area contributed by atoms with Crippen LogP contribution in [0.1, 0.15) is 12.8 Å². The monoisotopic (exact) mass is 231 g/mol. The highest BCUT2D eigenvalue weighted by Crippen LogP contribution is 2.27. The largest absolute Gasteiger partial charge is 0.506 e. The van der Waals surface area contributed by atoms with Gasteiger partial charge in [-0.05, 0) is 30.9 Å². The van der Waals surface area contributed by atoms with Gasteiger partial charge in [-0.15, -0.1) is 0 Å². The summed E-state index contributed by atoms with van der Waals surface area (Å²) in [7, 11) is 0. The molecule has 1 saturated heterocycles. The maximum Gasteiger partial charge on any atom is 0.139 e. The van der Waals surface area contributed by atoms with Crippen molar-refractivity contribution in [3.63, 3.8) is 0 Å². The Morgan fingerprint density at radius 1 is 1.24 bits per heavy atom. The van der Waals surface area contributed by atoms with E-state index in [4.69, 9.17) is 4.74 Å². The van der Waals surface area contributed by atoms with E-state index in [1.165, 1.54) is 0 Å². The number of hydrogen-bond acceptors (Lipinski definition) is 2. The molecule has 0 amide bonds. The van der Waals surface area contributed by atoms with Crippen molar-refractivity contribution >= 4 is 10.9 Å². The number of nitrogens with zero attached hydrogens (tertiary/aromatic N) is 1. The lowest BCUT2D eigenvalue weighted by atomic mass is 10.0. The SMILES string of the molecule is Oc1cccc2ccn(CC3CCOCC3)c12. The second-order valence-electron chi connectivity index (χ2n) is 4.74. The molecule has 3 nitrogen and oxygen atoms in total. The highest BCUT2D eigenvalue weighted by atomic mass is 16.5. The van der Waals surface area contributed by atoms with Crippen molar-refractivity contribution < 1.29 is 9.84 Å². The molecule has 1 aliphatic rings. The van der Waals surface area contributed by atoms with Gasteiger partial charge >= 0.3 is 0 Å². The lowest BCUT2D eigenvalue weighted by molar-refractivity contribution is 0.0616. The van der Waals surface area contributed by atoms with Crippen LogP contribution in [0.5, 0.6) is 5.75 Å². The molecule has 0 atom stereocenters. The molecule has 2 heterocycles. The average molecular weight is 231 g/mol. The fraction of sp³-hybridized carbons (Fsp3) is 0.429. The zero-order chi connectivity index (χ0) is 11.7. The van der Waals surface area contributed by atoms with Crippen molar-refractivity contribution in [2.24, 2.45) is 5.92 Å². The Labute approximate surface area is 101 Å². The maximum atomic E-state index is 9.92. The first-order valence-corrected chi connectivity index (χ1v) is 6.19. The van der Waals surface area contributed by atoms with Crippen LogP contribution < -0.4 is 0 Å². The van der Waals surface area contributed by atoms with E-state index in [-0.39, 0.29) is 0 Å². The highest BCUT2D eigenvalue weighted by molar-refractivity contribution is 5.85. The lowest BCUT2D eigenvalue weighted by Gasteiger charge is -2.22. The van der Waals surface area contributed by atoms with Crippen LogP contribution in [-0.2, 0) is 11.3 Å².